The maximum atomic E-state index is 13.6. The molecule has 0 aliphatic heterocycles. The van der Waals surface area contributed by atoms with E-state index in [2.05, 4.69) is 26.2 Å². The van der Waals surface area contributed by atoms with E-state index in [-0.39, 0.29) is 11.7 Å². The van der Waals surface area contributed by atoms with Crippen molar-refractivity contribution in [1.82, 2.24) is 14.9 Å². The van der Waals surface area contributed by atoms with Crippen molar-refractivity contribution < 1.29 is 9.18 Å². The summed E-state index contributed by atoms with van der Waals surface area (Å²) in [6.45, 7) is 3.39. The summed E-state index contributed by atoms with van der Waals surface area (Å²) < 4.78 is 16.4. The lowest BCUT2D eigenvalue weighted by molar-refractivity contribution is -0.121. The molecule has 0 saturated heterocycles. The van der Waals surface area contributed by atoms with E-state index in [0.29, 0.717) is 29.4 Å². The lowest BCUT2D eigenvalue weighted by Crippen LogP contribution is -2.25. The van der Waals surface area contributed by atoms with Crippen LogP contribution in [0.2, 0.25) is 0 Å². The van der Waals surface area contributed by atoms with Crippen LogP contribution in [0.4, 0.5) is 4.39 Å². The zero-order valence-corrected chi connectivity index (χ0v) is 14.1. The molecule has 0 aliphatic carbocycles. The average Bonchev–Trinajstić information content (AvgIpc) is 2.88. The maximum absolute atomic E-state index is 13.6. The summed E-state index contributed by atoms with van der Waals surface area (Å²) in [4.78, 5) is 15.9. The number of hydrogen-bond acceptors (Lipinski definition) is 2. The average molecular weight is 368 g/mol. The second-order valence-corrected chi connectivity index (χ2v) is 6.02. The summed E-state index contributed by atoms with van der Waals surface area (Å²) in [5.41, 5.74) is 0.562. The first-order chi connectivity index (χ1) is 10.6. The van der Waals surface area contributed by atoms with Gasteiger partial charge in [0.1, 0.15) is 11.6 Å². The molecule has 2 aromatic rings. The molecule has 0 atom stereocenters. The van der Waals surface area contributed by atoms with Gasteiger partial charge in [0.25, 0.3) is 0 Å². The quantitative estimate of drug-likeness (QED) is 0.763. The summed E-state index contributed by atoms with van der Waals surface area (Å²) in [6.07, 6.45) is 5.23. The standard InChI is InChI=1S/C16H19BrFN3O/c1-12-19-8-10-21(12)9-2-7-20-16(22)6-4-13-3-5-14(17)11-15(13)18/h3,5,8,10-11H,2,4,6-7,9H2,1H3,(H,20,22). The van der Waals surface area contributed by atoms with Gasteiger partial charge in [-0.1, -0.05) is 22.0 Å². The highest BCUT2D eigenvalue weighted by molar-refractivity contribution is 9.10. The number of carbonyl (C=O) groups is 1. The van der Waals surface area contributed by atoms with Crippen molar-refractivity contribution in [2.24, 2.45) is 0 Å². The van der Waals surface area contributed by atoms with Crippen LogP contribution < -0.4 is 5.32 Å². The van der Waals surface area contributed by atoms with Gasteiger partial charge >= 0.3 is 0 Å². The van der Waals surface area contributed by atoms with Gasteiger partial charge < -0.3 is 9.88 Å². The van der Waals surface area contributed by atoms with Crippen LogP contribution in [0.3, 0.4) is 0 Å². The predicted molar refractivity (Wildman–Crippen MR) is 87.0 cm³/mol. The highest BCUT2D eigenvalue weighted by atomic mass is 79.9. The molecule has 2 rings (SSSR count). The van der Waals surface area contributed by atoms with Crippen LogP contribution in [0.25, 0.3) is 0 Å². The Kier molecular flexibility index (Phi) is 6.12. The second kappa shape index (κ2) is 8.08. The Morgan fingerprint density at radius 1 is 1.45 bits per heavy atom. The van der Waals surface area contributed by atoms with Crippen LogP contribution in [-0.2, 0) is 17.8 Å². The molecular weight excluding hydrogens is 349 g/mol. The fraction of sp³-hybridized carbons (Fsp3) is 0.375. The minimum Gasteiger partial charge on any atom is -0.356 e. The van der Waals surface area contributed by atoms with E-state index in [0.717, 1.165) is 18.8 Å². The number of imidazole rings is 1. The number of nitrogens with one attached hydrogen (secondary N) is 1. The third kappa shape index (κ3) is 4.94. The van der Waals surface area contributed by atoms with Crippen molar-refractivity contribution >= 4 is 21.8 Å². The van der Waals surface area contributed by atoms with Crippen LogP contribution in [0.1, 0.15) is 24.2 Å². The molecule has 0 radical (unpaired) electrons. The van der Waals surface area contributed by atoms with E-state index < -0.39 is 0 Å². The van der Waals surface area contributed by atoms with Crippen molar-refractivity contribution in [1.29, 1.82) is 0 Å². The van der Waals surface area contributed by atoms with Gasteiger partial charge in [0.15, 0.2) is 0 Å². The van der Waals surface area contributed by atoms with Crippen molar-refractivity contribution in [3.05, 3.63) is 52.3 Å². The molecule has 0 saturated carbocycles. The number of halogens is 2. The molecule has 0 unspecified atom stereocenters. The van der Waals surface area contributed by atoms with E-state index in [4.69, 9.17) is 0 Å². The van der Waals surface area contributed by atoms with Crippen LogP contribution in [0.5, 0.6) is 0 Å². The molecule has 118 valence electrons. The minimum absolute atomic E-state index is 0.0512. The Hall–Kier alpha value is -1.69. The minimum atomic E-state index is -0.280. The molecule has 1 amide bonds. The normalized spacial score (nSPS) is 10.7. The first-order valence-electron chi connectivity index (χ1n) is 7.24. The Balaban J connectivity index is 1.66. The molecular formula is C16H19BrFN3O. The van der Waals surface area contributed by atoms with Gasteiger partial charge in [-0.15, -0.1) is 0 Å². The Morgan fingerprint density at radius 2 is 2.27 bits per heavy atom. The fourth-order valence-electron chi connectivity index (χ4n) is 2.18. The number of aromatic nitrogens is 2. The molecule has 0 fully saturated rings. The fourth-order valence-corrected chi connectivity index (χ4v) is 2.51. The largest absolute Gasteiger partial charge is 0.356 e. The van der Waals surface area contributed by atoms with E-state index in [1.807, 2.05) is 17.7 Å². The third-order valence-electron chi connectivity index (χ3n) is 3.46. The Morgan fingerprint density at radius 3 is 2.95 bits per heavy atom. The van der Waals surface area contributed by atoms with Crippen LogP contribution in [-0.4, -0.2) is 22.0 Å². The van der Waals surface area contributed by atoms with Gasteiger partial charge in [0.2, 0.25) is 5.91 Å². The van der Waals surface area contributed by atoms with Crippen molar-refractivity contribution in [3.8, 4) is 0 Å². The van der Waals surface area contributed by atoms with E-state index in [1.165, 1.54) is 6.07 Å². The van der Waals surface area contributed by atoms with Gasteiger partial charge in [-0.25, -0.2) is 9.37 Å². The second-order valence-electron chi connectivity index (χ2n) is 5.11. The molecule has 1 aromatic heterocycles. The SMILES string of the molecule is Cc1nccn1CCCNC(=O)CCc1ccc(Br)cc1F. The molecule has 6 heteroatoms. The zero-order chi connectivity index (χ0) is 15.9. The Bertz CT molecular complexity index is 642. The number of amides is 1. The lowest BCUT2D eigenvalue weighted by Gasteiger charge is -2.07. The molecule has 0 spiro atoms. The maximum Gasteiger partial charge on any atom is 0.220 e. The van der Waals surface area contributed by atoms with Crippen molar-refractivity contribution in [2.45, 2.75) is 32.7 Å². The summed E-state index contributed by atoms with van der Waals surface area (Å²) in [6, 6.07) is 4.90. The van der Waals surface area contributed by atoms with E-state index in [1.54, 1.807) is 18.3 Å². The molecule has 0 aliphatic rings. The van der Waals surface area contributed by atoms with Crippen molar-refractivity contribution in [2.75, 3.05) is 6.54 Å². The lowest BCUT2D eigenvalue weighted by atomic mass is 10.1. The number of benzene rings is 1. The number of nitrogens with zero attached hydrogens (tertiary/aromatic N) is 2. The van der Waals surface area contributed by atoms with E-state index in [9.17, 15) is 9.18 Å². The first kappa shape index (κ1) is 16.7. The smallest absolute Gasteiger partial charge is 0.220 e. The van der Waals surface area contributed by atoms with Crippen LogP contribution >= 0.6 is 15.9 Å². The topological polar surface area (TPSA) is 46.9 Å². The Labute approximate surface area is 137 Å². The summed E-state index contributed by atoms with van der Waals surface area (Å²) >= 11 is 3.21. The summed E-state index contributed by atoms with van der Waals surface area (Å²) in [5, 5.41) is 2.86. The van der Waals surface area contributed by atoms with E-state index >= 15 is 0 Å². The predicted octanol–water partition coefficient (Wildman–Crippen LogP) is 3.23. The number of hydrogen-bond donors (Lipinski definition) is 1. The van der Waals surface area contributed by atoms with Gasteiger partial charge in [-0.05, 0) is 37.5 Å². The highest BCUT2D eigenvalue weighted by Gasteiger charge is 2.06. The number of aryl methyl sites for hydroxylation is 3. The number of rotatable bonds is 7. The first-order valence-corrected chi connectivity index (χ1v) is 8.04. The summed E-state index contributed by atoms with van der Waals surface area (Å²) in [7, 11) is 0. The highest BCUT2D eigenvalue weighted by Crippen LogP contribution is 2.16. The molecule has 4 nitrogen and oxygen atoms in total. The van der Waals surface area contributed by atoms with Crippen LogP contribution in [0, 0.1) is 12.7 Å². The van der Waals surface area contributed by atoms with Gasteiger partial charge in [0, 0.05) is 36.4 Å². The van der Waals surface area contributed by atoms with Crippen LogP contribution in [0.15, 0.2) is 35.1 Å². The molecule has 1 aromatic carbocycles. The molecule has 0 bridgehead atoms. The summed E-state index contributed by atoms with van der Waals surface area (Å²) in [5.74, 6) is 0.638. The monoisotopic (exact) mass is 367 g/mol. The molecule has 1 N–H and O–H groups in total. The third-order valence-corrected chi connectivity index (χ3v) is 3.95. The molecule has 22 heavy (non-hydrogen) atoms. The van der Waals surface area contributed by atoms with Gasteiger partial charge in [-0.2, -0.15) is 0 Å². The molecule has 1 heterocycles. The van der Waals surface area contributed by atoms with Gasteiger partial charge in [-0.3, -0.25) is 4.79 Å². The van der Waals surface area contributed by atoms with Crippen molar-refractivity contribution in [3.63, 3.8) is 0 Å². The van der Waals surface area contributed by atoms with Gasteiger partial charge in [0.05, 0.1) is 0 Å². The zero-order valence-electron chi connectivity index (χ0n) is 12.5. The number of carbonyl (C=O) groups excluding carboxylic acids is 1.